The van der Waals surface area contributed by atoms with Gasteiger partial charge in [-0.25, -0.2) is 0 Å². The lowest BCUT2D eigenvalue weighted by Crippen LogP contribution is -2.32. The van der Waals surface area contributed by atoms with Crippen LogP contribution in [0.25, 0.3) is 0 Å². The van der Waals surface area contributed by atoms with Crippen molar-refractivity contribution >= 4 is 11.8 Å². The largest absolute Gasteiger partial charge is 0.356 e. The molecule has 4 nitrogen and oxygen atoms in total. The first-order chi connectivity index (χ1) is 10.7. The fourth-order valence-corrected chi connectivity index (χ4v) is 2.72. The third-order valence-electron chi connectivity index (χ3n) is 4.19. The Hall–Kier alpha value is -1.84. The molecule has 1 aliphatic rings. The van der Waals surface area contributed by atoms with Crippen molar-refractivity contribution in [1.29, 1.82) is 0 Å². The van der Waals surface area contributed by atoms with Crippen LogP contribution in [0.5, 0.6) is 0 Å². The molecule has 1 saturated heterocycles. The fourth-order valence-electron chi connectivity index (χ4n) is 2.72. The van der Waals surface area contributed by atoms with Gasteiger partial charge in [0.05, 0.1) is 0 Å². The molecule has 4 heteroatoms. The lowest BCUT2D eigenvalue weighted by molar-refractivity contribution is -0.130. The number of likely N-dealkylation sites (tertiary alicyclic amines) is 1. The van der Waals surface area contributed by atoms with Gasteiger partial charge in [-0.15, -0.1) is 0 Å². The lowest BCUT2D eigenvalue weighted by Gasteiger charge is -2.15. The van der Waals surface area contributed by atoms with Gasteiger partial charge < -0.3 is 10.2 Å². The number of rotatable bonds is 7. The molecule has 1 aliphatic heterocycles. The molecule has 1 fully saturated rings. The zero-order valence-corrected chi connectivity index (χ0v) is 13.4. The molecule has 1 N–H and O–H groups in total. The molecule has 1 heterocycles. The van der Waals surface area contributed by atoms with E-state index in [9.17, 15) is 9.59 Å². The van der Waals surface area contributed by atoms with Crippen LogP contribution in [0.4, 0.5) is 0 Å². The minimum absolute atomic E-state index is 0.0220. The summed E-state index contributed by atoms with van der Waals surface area (Å²) in [5.41, 5.74) is 2.49. The summed E-state index contributed by atoms with van der Waals surface area (Å²) < 4.78 is 0. The van der Waals surface area contributed by atoms with Crippen molar-refractivity contribution in [3.63, 3.8) is 0 Å². The summed E-state index contributed by atoms with van der Waals surface area (Å²) >= 11 is 0. The van der Waals surface area contributed by atoms with Crippen molar-refractivity contribution in [1.82, 2.24) is 10.2 Å². The minimum Gasteiger partial charge on any atom is -0.356 e. The monoisotopic (exact) mass is 302 g/mol. The first-order valence-corrected chi connectivity index (χ1v) is 8.31. The average molecular weight is 302 g/mol. The molecule has 0 unspecified atom stereocenters. The van der Waals surface area contributed by atoms with Crippen molar-refractivity contribution in [2.75, 3.05) is 19.6 Å². The van der Waals surface area contributed by atoms with Crippen molar-refractivity contribution < 1.29 is 9.59 Å². The predicted molar refractivity (Wildman–Crippen MR) is 87.6 cm³/mol. The minimum atomic E-state index is 0.0220. The summed E-state index contributed by atoms with van der Waals surface area (Å²) in [6.45, 7) is 4.33. The maximum Gasteiger partial charge on any atom is 0.224 e. The Balaban J connectivity index is 1.61. The summed E-state index contributed by atoms with van der Waals surface area (Å²) in [6.07, 6.45) is 4.88. The highest BCUT2D eigenvalue weighted by atomic mass is 16.2. The van der Waals surface area contributed by atoms with Crippen molar-refractivity contribution in [2.24, 2.45) is 0 Å². The quantitative estimate of drug-likeness (QED) is 0.840. The van der Waals surface area contributed by atoms with Crippen LogP contribution >= 0.6 is 0 Å². The van der Waals surface area contributed by atoms with Crippen LogP contribution in [-0.2, 0) is 22.4 Å². The topological polar surface area (TPSA) is 49.4 Å². The van der Waals surface area contributed by atoms with Gasteiger partial charge in [-0.1, -0.05) is 31.2 Å². The van der Waals surface area contributed by atoms with Crippen molar-refractivity contribution in [3.05, 3.63) is 35.4 Å². The van der Waals surface area contributed by atoms with E-state index < -0.39 is 0 Å². The Kier molecular flexibility index (Phi) is 6.44. The number of nitrogens with zero attached hydrogens (tertiary/aromatic N) is 1. The summed E-state index contributed by atoms with van der Waals surface area (Å²) in [5, 5.41) is 2.84. The molecule has 0 bridgehead atoms. The Morgan fingerprint density at radius 1 is 1.05 bits per heavy atom. The molecule has 0 saturated carbocycles. The zero-order valence-electron chi connectivity index (χ0n) is 13.4. The number of nitrogens with one attached hydrogen (secondary N) is 1. The second-order valence-electron chi connectivity index (χ2n) is 5.86. The van der Waals surface area contributed by atoms with E-state index in [0.29, 0.717) is 19.4 Å². The van der Waals surface area contributed by atoms with Gasteiger partial charge in [0.2, 0.25) is 11.8 Å². The normalized spacial score (nSPS) is 14.1. The van der Waals surface area contributed by atoms with Crippen molar-refractivity contribution in [3.8, 4) is 0 Å². The van der Waals surface area contributed by atoms with Crippen LogP contribution in [0, 0.1) is 0 Å². The highest BCUT2D eigenvalue weighted by Crippen LogP contribution is 2.09. The van der Waals surface area contributed by atoms with Crippen LogP contribution in [0.3, 0.4) is 0 Å². The first kappa shape index (κ1) is 16.5. The Morgan fingerprint density at radius 3 is 2.32 bits per heavy atom. The van der Waals surface area contributed by atoms with E-state index >= 15 is 0 Å². The molecule has 22 heavy (non-hydrogen) atoms. The lowest BCUT2D eigenvalue weighted by atomic mass is 10.1. The third kappa shape index (κ3) is 5.17. The van der Waals surface area contributed by atoms with E-state index in [1.165, 1.54) is 11.1 Å². The number of hydrogen-bond donors (Lipinski definition) is 1. The number of benzene rings is 1. The van der Waals surface area contributed by atoms with Crippen LogP contribution in [0.1, 0.15) is 43.7 Å². The maximum absolute atomic E-state index is 11.8. The van der Waals surface area contributed by atoms with E-state index in [-0.39, 0.29) is 11.8 Å². The molecule has 1 aromatic carbocycles. The molecule has 2 amide bonds. The molecule has 1 aromatic rings. The van der Waals surface area contributed by atoms with E-state index in [0.717, 1.165) is 38.8 Å². The van der Waals surface area contributed by atoms with Gasteiger partial charge in [0.25, 0.3) is 0 Å². The number of aryl methyl sites for hydroxylation is 2. The fraction of sp³-hybridized carbons (Fsp3) is 0.556. The van der Waals surface area contributed by atoms with Crippen LogP contribution in [-0.4, -0.2) is 36.3 Å². The van der Waals surface area contributed by atoms with Gasteiger partial charge in [-0.3, -0.25) is 9.59 Å². The zero-order chi connectivity index (χ0) is 15.8. The molecule has 0 aromatic heterocycles. The van der Waals surface area contributed by atoms with Crippen LogP contribution < -0.4 is 5.32 Å². The number of hydrogen-bond acceptors (Lipinski definition) is 2. The molecule has 0 aliphatic carbocycles. The van der Waals surface area contributed by atoms with Gasteiger partial charge in [-0.2, -0.15) is 0 Å². The van der Waals surface area contributed by atoms with Crippen LogP contribution in [0.15, 0.2) is 24.3 Å². The smallest absolute Gasteiger partial charge is 0.224 e. The molecular weight excluding hydrogens is 276 g/mol. The third-order valence-corrected chi connectivity index (χ3v) is 4.19. The number of carbonyl (C=O) groups is 2. The number of amides is 2. The second kappa shape index (κ2) is 8.57. The standard InChI is InChI=1S/C18H26N2O2/c1-2-15-5-7-16(8-6-15)9-10-17(21)19-12-11-18(22)20-13-3-4-14-20/h5-8H,2-4,9-14H2,1H3,(H,19,21). The second-order valence-corrected chi connectivity index (χ2v) is 5.86. The first-order valence-electron chi connectivity index (χ1n) is 8.31. The van der Waals surface area contributed by atoms with E-state index in [1.807, 2.05) is 4.90 Å². The summed E-state index contributed by atoms with van der Waals surface area (Å²) in [4.78, 5) is 25.5. The number of carbonyl (C=O) groups excluding carboxylic acids is 2. The SMILES string of the molecule is CCc1ccc(CCC(=O)NCCC(=O)N2CCCC2)cc1. The summed E-state index contributed by atoms with van der Waals surface area (Å²) in [5.74, 6) is 0.182. The van der Waals surface area contributed by atoms with E-state index in [2.05, 4.69) is 36.5 Å². The molecule has 120 valence electrons. The Bertz CT molecular complexity index is 490. The molecule has 2 rings (SSSR count). The molecule has 0 atom stereocenters. The summed E-state index contributed by atoms with van der Waals surface area (Å²) in [7, 11) is 0. The van der Waals surface area contributed by atoms with E-state index in [1.54, 1.807) is 0 Å². The van der Waals surface area contributed by atoms with Crippen molar-refractivity contribution in [2.45, 2.75) is 45.4 Å². The highest BCUT2D eigenvalue weighted by Gasteiger charge is 2.17. The molecule has 0 radical (unpaired) electrons. The molecular formula is C18H26N2O2. The predicted octanol–water partition coefficient (Wildman–Crippen LogP) is 2.31. The molecule has 0 spiro atoms. The van der Waals surface area contributed by atoms with Gasteiger partial charge in [0, 0.05) is 32.5 Å². The van der Waals surface area contributed by atoms with Gasteiger partial charge in [0.1, 0.15) is 0 Å². The average Bonchev–Trinajstić information content (AvgIpc) is 3.08. The van der Waals surface area contributed by atoms with Crippen LogP contribution in [0.2, 0.25) is 0 Å². The van der Waals surface area contributed by atoms with E-state index in [4.69, 9.17) is 0 Å². The maximum atomic E-state index is 11.8. The summed E-state index contributed by atoms with van der Waals surface area (Å²) in [6, 6.07) is 8.40. The van der Waals surface area contributed by atoms with Gasteiger partial charge in [-0.05, 0) is 36.8 Å². The Morgan fingerprint density at radius 2 is 1.68 bits per heavy atom. The highest BCUT2D eigenvalue weighted by molar-refractivity contribution is 5.79. The van der Waals surface area contributed by atoms with Gasteiger partial charge in [0.15, 0.2) is 0 Å². The Labute approximate surface area is 132 Å². The van der Waals surface area contributed by atoms with Gasteiger partial charge >= 0.3 is 0 Å².